The zero-order chi connectivity index (χ0) is 34.7. The number of hydrogen-bond acceptors (Lipinski definition) is 6. The first-order chi connectivity index (χ1) is 22.3. The van der Waals surface area contributed by atoms with Crippen LogP contribution in [0.2, 0.25) is 0 Å². The Balaban J connectivity index is 1.88. The third-order valence-corrected chi connectivity index (χ3v) is 11.2. The second-order valence-corrected chi connectivity index (χ2v) is 14.0. The third kappa shape index (κ3) is 7.33. The first-order valence-corrected chi connectivity index (χ1v) is 18.2. The number of carbonyl (C=O) groups excluding carboxylic acids is 2. The van der Waals surface area contributed by atoms with Crippen LogP contribution in [0.25, 0.3) is 12.2 Å². The number of aromatic amines is 2. The molecule has 2 atom stereocenters. The predicted octanol–water partition coefficient (Wildman–Crippen LogP) is 5.66. The van der Waals surface area contributed by atoms with Gasteiger partial charge in [0, 0.05) is 51.7 Å². The molecule has 4 rings (SSSR count). The first kappa shape index (κ1) is 35.9. The lowest BCUT2D eigenvalue weighted by Gasteiger charge is -2.13. The van der Waals surface area contributed by atoms with Gasteiger partial charge in [0.05, 0.1) is 0 Å². The number of carbonyl (C=O) groups is 4. The Morgan fingerprint density at radius 1 is 0.702 bits per heavy atom. The summed E-state index contributed by atoms with van der Waals surface area (Å²) in [5.41, 5.74) is 11.4. The highest BCUT2D eigenvalue weighted by atomic mass is 32.2. The topological polar surface area (TPSA) is 164 Å². The largest absolute Gasteiger partial charge is 0.480 e. The maximum absolute atomic E-state index is 12.5. The van der Waals surface area contributed by atoms with Crippen LogP contribution in [0.5, 0.6) is 0 Å². The minimum atomic E-state index is -0.901. The molecule has 0 aromatic carbocycles. The van der Waals surface area contributed by atoms with Crippen LogP contribution in [0.15, 0.2) is 33.7 Å². The van der Waals surface area contributed by atoms with E-state index in [0.29, 0.717) is 30.4 Å². The summed E-state index contributed by atoms with van der Waals surface area (Å²) < 4.78 is 0. The molecule has 0 saturated carbocycles. The van der Waals surface area contributed by atoms with Crippen molar-refractivity contribution in [1.82, 2.24) is 20.6 Å². The summed E-state index contributed by atoms with van der Waals surface area (Å²) in [6, 6.07) is 0. The third-order valence-electron chi connectivity index (χ3n) is 9.28. The van der Waals surface area contributed by atoms with Gasteiger partial charge in [-0.15, -0.1) is 23.5 Å². The molecule has 0 saturated heterocycles. The molecule has 47 heavy (non-hydrogen) atoms. The van der Waals surface area contributed by atoms with Gasteiger partial charge in [-0.2, -0.15) is 0 Å². The lowest BCUT2D eigenvalue weighted by Crippen LogP contribution is -2.20. The van der Waals surface area contributed by atoms with Gasteiger partial charge >= 0.3 is 11.9 Å². The Kier molecular flexibility index (Phi) is 11.4. The van der Waals surface area contributed by atoms with Gasteiger partial charge in [-0.05, 0) is 111 Å². The summed E-state index contributed by atoms with van der Waals surface area (Å²) >= 11 is 2.54. The normalized spacial score (nSPS) is 18.0. The van der Waals surface area contributed by atoms with Crippen LogP contribution in [-0.2, 0) is 38.4 Å². The fraction of sp³-hybridized carbons (Fsp3) is 0.429. The summed E-state index contributed by atoms with van der Waals surface area (Å²) in [7, 11) is 0. The van der Waals surface area contributed by atoms with Crippen LogP contribution < -0.4 is 10.6 Å². The average Bonchev–Trinajstić information content (AvgIpc) is 3.67. The molecule has 2 amide bonds. The van der Waals surface area contributed by atoms with Crippen molar-refractivity contribution in [2.75, 3.05) is 12.5 Å². The Morgan fingerprint density at radius 2 is 1.06 bits per heavy atom. The predicted molar refractivity (Wildman–Crippen MR) is 189 cm³/mol. The summed E-state index contributed by atoms with van der Waals surface area (Å²) in [6.07, 6.45) is 9.68. The molecule has 252 valence electrons. The number of aromatic nitrogens is 2. The lowest BCUT2D eigenvalue weighted by atomic mass is 9.97. The van der Waals surface area contributed by atoms with E-state index < -0.39 is 22.4 Å². The quantitative estimate of drug-likeness (QED) is 0.149. The molecule has 0 fully saturated rings. The SMILES string of the molecule is CCC1=C(C)C(=O)N/C1=C\c1[nH]c(Cc2[nH]c(/C=C3\NC(=O)C(C)=C3CC)c(C)c2C[C@H](SC)C(=O)O)c(C[C@H](SC)C(=O)O)c1C. The molecular weight excluding hydrogens is 637 g/mol. The van der Waals surface area contributed by atoms with Crippen molar-refractivity contribution in [3.63, 3.8) is 0 Å². The molecule has 0 radical (unpaired) electrons. The first-order valence-electron chi connectivity index (χ1n) is 15.6. The second kappa shape index (κ2) is 14.9. The highest BCUT2D eigenvalue weighted by Gasteiger charge is 2.28. The number of rotatable bonds is 14. The number of aliphatic carboxylic acids is 2. The fourth-order valence-electron chi connectivity index (χ4n) is 6.38. The van der Waals surface area contributed by atoms with Crippen molar-refractivity contribution in [2.45, 2.75) is 84.1 Å². The number of carboxylic acids is 2. The maximum atomic E-state index is 12.5. The molecule has 4 heterocycles. The Labute approximate surface area is 284 Å². The Hall–Kier alpha value is -3.90. The average molecular weight is 681 g/mol. The molecule has 2 aromatic heterocycles. The maximum Gasteiger partial charge on any atom is 0.316 e. The summed E-state index contributed by atoms with van der Waals surface area (Å²) in [4.78, 5) is 56.3. The number of H-pyrrole nitrogens is 2. The van der Waals surface area contributed by atoms with E-state index in [1.807, 2.05) is 53.7 Å². The lowest BCUT2D eigenvalue weighted by molar-refractivity contribution is -0.137. The van der Waals surface area contributed by atoms with Gasteiger partial charge in [0.2, 0.25) is 0 Å². The Morgan fingerprint density at radius 3 is 1.36 bits per heavy atom. The van der Waals surface area contributed by atoms with Crippen molar-refractivity contribution in [3.8, 4) is 0 Å². The van der Waals surface area contributed by atoms with Gasteiger partial charge in [-0.25, -0.2) is 0 Å². The van der Waals surface area contributed by atoms with Crippen LogP contribution in [0.4, 0.5) is 0 Å². The fourth-order valence-corrected chi connectivity index (χ4v) is 7.45. The van der Waals surface area contributed by atoms with Crippen LogP contribution in [-0.4, -0.2) is 66.9 Å². The van der Waals surface area contributed by atoms with E-state index in [1.165, 1.54) is 23.5 Å². The number of allylic oxidation sites excluding steroid dienone is 2. The Bertz CT molecular complexity index is 1630. The van der Waals surface area contributed by atoms with E-state index in [4.69, 9.17) is 0 Å². The highest BCUT2D eigenvalue weighted by Crippen LogP contribution is 2.33. The molecule has 0 spiro atoms. The zero-order valence-corrected chi connectivity index (χ0v) is 29.8. The molecule has 0 aliphatic carbocycles. The van der Waals surface area contributed by atoms with Crippen molar-refractivity contribution < 1.29 is 29.4 Å². The van der Waals surface area contributed by atoms with Gasteiger partial charge in [-0.3, -0.25) is 19.2 Å². The summed E-state index contributed by atoms with van der Waals surface area (Å²) in [5, 5.41) is 24.5. The van der Waals surface area contributed by atoms with Gasteiger partial charge < -0.3 is 30.8 Å². The van der Waals surface area contributed by atoms with Crippen molar-refractivity contribution >= 4 is 59.4 Å². The summed E-state index contributed by atoms with van der Waals surface area (Å²) in [5.74, 6) is -2.06. The van der Waals surface area contributed by atoms with E-state index in [0.717, 1.165) is 67.6 Å². The molecule has 6 N–H and O–H groups in total. The monoisotopic (exact) mass is 680 g/mol. The molecule has 2 aliphatic heterocycles. The summed E-state index contributed by atoms with van der Waals surface area (Å²) in [6.45, 7) is 11.5. The van der Waals surface area contributed by atoms with E-state index in [1.54, 1.807) is 12.5 Å². The highest BCUT2D eigenvalue weighted by molar-refractivity contribution is 8.00. The van der Waals surface area contributed by atoms with Crippen LogP contribution in [0.3, 0.4) is 0 Å². The number of nitrogens with one attached hydrogen (secondary N) is 4. The number of carboxylic acid groups (broad SMARTS) is 2. The molecule has 0 unspecified atom stereocenters. The molecule has 2 aliphatic rings. The van der Waals surface area contributed by atoms with Crippen LogP contribution in [0, 0.1) is 13.8 Å². The number of hydrogen-bond donors (Lipinski definition) is 6. The van der Waals surface area contributed by atoms with Gasteiger partial charge in [0.1, 0.15) is 10.5 Å². The number of thioether (sulfide) groups is 2. The van der Waals surface area contributed by atoms with Gasteiger partial charge in [0.25, 0.3) is 11.8 Å². The molecule has 0 bridgehead atoms. The minimum Gasteiger partial charge on any atom is -0.480 e. The van der Waals surface area contributed by atoms with Crippen molar-refractivity contribution in [1.29, 1.82) is 0 Å². The van der Waals surface area contributed by atoms with Gasteiger partial charge in [-0.1, -0.05) is 13.8 Å². The zero-order valence-electron chi connectivity index (χ0n) is 28.2. The van der Waals surface area contributed by atoms with Crippen molar-refractivity contribution in [3.05, 3.63) is 78.7 Å². The minimum absolute atomic E-state index is 0.129. The molecule has 10 nitrogen and oxygen atoms in total. The van der Waals surface area contributed by atoms with E-state index in [-0.39, 0.29) is 24.7 Å². The standard InChI is InChI=1S/C35H44N4O6S2/c1-9-20-18(5)32(40)38-26(20)13-24-16(3)22(11-30(46-7)34(42)43)28(36-24)15-29-23(12-31(47-8)35(44)45)17(4)25(37-29)14-27-21(10-2)19(6)33(41)39-27/h13-14,30-31,36-37H,9-12,15H2,1-8H3,(H,38,40)(H,39,41)(H,42,43)(H,44,45)/b26-13-,27-14-/t30-,31-/m0/s1. The number of amides is 2. The van der Waals surface area contributed by atoms with E-state index >= 15 is 0 Å². The smallest absolute Gasteiger partial charge is 0.316 e. The van der Waals surface area contributed by atoms with E-state index in [2.05, 4.69) is 20.6 Å². The van der Waals surface area contributed by atoms with Crippen molar-refractivity contribution in [2.24, 2.45) is 0 Å². The molecular formula is C35H44N4O6S2. The molecule has 2 aromatic rings. The second-order valence-electron chi connectivity index (χ2n) is 11.9. The van der Waals surface area contributed by atoms with E-state index in [9.17, 15) is 29.4 Å². The van der Waals surface area contributed by atoms with Crippen LogP contribution in [0.1, 0.15) is 85.6 Å². The van der Waals surface area contributed by atoms with Gasteiger partial charge in [0.15, 0.2) is 0 Å². The van der Waals surface area contributed by atoms with Crippen LogP contribution >= 0.6 is 23.5 Å². The molecule has 12 heteroatoms.